The lowest BCUT2D eigenvalue weighted by atomic mass is 10.0. The summed E-state index contributed by atoms with van der Waals surface area (Å²) >= 11 is 0. The topological polar surface area (TPSA) is 90.1 Å². The molecule has 0 bridgehead atoms. The molecule has 8 heteroatoms. The van der Waals surface area contributed by atoms with E-state index >= 15 is 0 Å². The Hall–Kier alpha value is -4.07. The number of hydrogen-bond donors (Lipinski definition) is 0. The molecule has 4 heterocycles. The van der Waals surface area contributed by atoms with E-state index in [1.807, 2.05) is 36.4 Å². The molecule has 0 saturated carbocycles. The lowest BCUT2D eigenvalue weighted by Gasteiger charge is -2.17. The Morgan fingerprint density at radius 2 is 1.88 bits per heavy atom. The third-order valence-electron chi connectivity index (χ3n) is 6.19. The lowest BCUT2D eigenvalue weighted by Crippen LogP contribution is -2.38. The summed E-state index contributed by atoms with van der Waals surface area (Å²) in [5, 5.41) is 0.401. The Morgan fingerprint density at radius 3 is 2.64 bits per heavy atom. The van der Waals surface area contributed by atoms with E-state index in [1.165, 1.54) is 7.05 Å². The van der Waals surface area contributed by atoms with Crippen LogP contribution in [0.1, 0.15) is 34.0 Å². The first kappa shape index (κ1) is 20.8. The van der Waals surface area contributed by atoms with Crippen LogP contribution >= 0.6 is 0 Å². The van der Waals surface area contributed by atoms with E-state index in [0.29, 0.717) is 36.2 Å². The maximum atomic E-state index is 13.0. The van der Waals surface area contributed by atoms with Crippen molar-refractivity contribution in [3.63, 3.8) is 0 Å². The first-order valence-corrected chi connectivity index (χ1v) is 10.9. The smallest absolute Gasteiger partial charge is 0.332 e. The number of likely N-dealkylation sites (tertiary alicyclic amines) is 1. The van der Waals surface area contributed by atoms with Crippen molar-refractivity contribution in [2.45, 2.75) is 18.9 Å². The third-order valence-corrected chi connectivity index (χ3v) is 6.19. The monoisotopic (exact) mass is 441 g/mol. The molecule has 0 radical (unpaired) electrons. The van der Waals surface area contributed by atoms with Gasteiger partial charge in [0.25, 0.3) is 11.5 Å². The van der Waals surface area contributed by atoms with Gasteiger partial charge in [-0.25, -0.2) is 9.78 Å². The van der Waals surface area contributed by atoms with Gasteiger partial charge in [-0.2, -0.15) is 0 Å². The molecule has 0 spiro atoms. The van der Waals surface area contributed by atoms with Gasteiger partial charge in [0.05, 0.1) is 17.5 Å². The number of rotatable bonds is 4. The minimum Gasteiger partial charge on any atom is -0.338 e. The van der Waals surface area contributed by atoms with Crippen molar-refractivity contribution in [3.8, 4) is 0 Å². The molecule has 1 aliphatic rings. The predicted molar refractivity (Wildman–Crippen MR) is 124 cm³/mol. The molecule has 5 rings (SSSR count). The minimum absolute atomic E-state index is 0.0272. The molecule has 33 heavy (non-hydrogen) atoms. The summed E-state index contributed by atoms with van der Waals surface area (Å²) in [6.07, 6.45) is 3.97. The fourth-order valence-corrected chi connectivity index (χ4v) is 4.37. The van der Waals surface area contributed by atoms with Gasteiger partial charge in [-0.05, 0) is 36.2 Å². The van der Waals surface area contributed by atoms with E-state index in [0.717, 1.165) is 22.2 Å². The van der Waals surface area contributed by atoms with Gasteiger partial charge in [0.2, 0.25) is 0 Å². The van der Waals surface area contributed by atoms with Crippen molar-refractivity contribution in [2.75, 3.05) is 13.1 Å². The van der Waals surface area contributed by atoms with E-state index in [9.17, 15) is 14.4 Å². The average molecular weight is 441 g/mol. The normalized spacial score (nSPS) is 15.8. The molecule has 166 valence electrons. The van der Waals surface area contributed by atoms with Crippen molar-refractivity contribution in [2.24, 2.45) is 7.05 Å². The molecule has 8 nitrogen and oxygen atoms in total. The number of nitrogens with zero attached hydrogens (tertiary/aromatic N) is 5. The standard InChI is InChI=1S/C25H23N5O3/c1-28-24(32)20-9-10-21(19-11-13-29(16-19)23(31)18-8-5-12-26-14-18)27-22(20)30(25(28)33)15-17-6-3-2-4-7-17/h2-10,12,14,19H,11,13,15-16H2,1H3. The molecule has 3 aromatic heterocycles. The van der Waals surface area contributed by atoms with E-state index in [1.54, 1.807) is 40.1 Å². The number of carbonyl (C=O) groups is 1. The molecular formula is C25H23N5O3. The Balaban J connectivity index is 1.51. The van der Waals surface area contributed by atoms with Crippen molar-refractivity contribution in [1.82, 2.24) is 24.0 Å². The lowest BCUT2D eigenvalue weighted by molar-refractivity contribution is 0.0790. The van der Waals surface area contributed by atoms with Gasteiger partial charge >= 0.3 is 5.69 Å². The molecule has 1 unspecified atom stereocenters. The van der Waals surface area contributed by atoms with Gasteiger partial charge in [0, 0.05) is 44.1 Å². The summed E-state index contributed by atoms with van der Waals surface area (Å²) in [5.41, 5.74) is 1.89. The second kappa shape index (κ2) is 8.46. The molecule has 1 aromatic carbocycles. The molecule has 1 amide bonds. The summed E-state index contributed by atoms with van der Waals surface area (Å²) in [4.78, 5) is 49.1. The molecule has 1 aliphatic heterocycles. The zero-order valence-electron chi connectivity index (χ0n) is 18.2. The van der Waals surface area contributed by atoms with E-state index in [4.69, 9.17) is 4.98 Å². The maximum absolute atomic E-state index is 13.0. The second-order valence-corrected chi connectivity index (χ2v) is 8.30. The Morgan fingerprint density at radius 1 is 1.06 bits per heavy atom. The molecule has 1 atom stereocenters. The fourth-order valence-electron chi connectivity index (χ4n) is 4.37. The van der Waals surface area contributed by atoms with Crippen LogP contribution in [0.2, 0.25) is 0 Å². The Bertz CT molecular complexity index is 1440. The van der Waals surface area contributed by atoms with Crippen LogP contribution in [-0.4, -0.2) is 43.0 Å². The molecule has 1 saturated heterocycles. The summed E-state index contributed by atoms with van der Waals surface area (Å²) in [6, 6.07) is 16.7. The molecular weight excluding hydrogens is 418 g/mol. The molecule has 0 aliphatic carbocycles. The summed E-state index contributed by atoms with van der Waals surface area (Å²) in [7, 11) is 1.48. The SMILES string of the molecule is Cn1c(=O)c2ccc(C3CCN(C(=O)c4cccnc4)C3)nc2n(Cc2ccccc2)c1=O. The highest BCUT2D eigenvalue weighted by Crippen LogP contribution is 2.28. The van der Waals surface area contributed by atoms with Crippen LogP contribution in [0, 0.1) is 0 Å². The van der Waals surface area contributed by atoms with Crippen molar-refractivity contribution in [3.05, 3.63) is 105 Å². The Labute approximate surface area is 189 Å². The van der Waals surface area contributed by atoms with Crippen molar-refractivity contribution < 1.29 is 4.79 Å². The van der Waals surface area contributed by atoms with Crippen LogP contribution in [0.5, 0.6) is 0 Å². The van der Waals surface area contributed by atoms with Gasteiger partial charge in [0.1, 0.15) is 5.65 Å². The largest absolute Gasteiger partial charge is 0.338 e. The number of amides is 1. The quantitative estimate of drug-likeness (QED) is 0.484. The molecule has 1 fully saturated rings. The van der Waals surface area contributed by atoms with Gasteiger partial charge < -0.3 is 4.90 Å². The van der Waals surface area contributed by atoms with Gasteiger partial charge in [-0.15, -0.1) is 0 Å². The van der Waals surface area contributed by atoms with Crippen LogP contribution in [0.25, 0.3) is 11.0 Å². The zero-order valence-corrected chi connectivity index (χ0v) is 18.2. The van der Waals surface area contributed by atoms with Crippen molar-refractivity contribution >= 4 is 16.9 Å². The average Bonchev–Trinajstić information content (AvgIpc) is 3.36. The van der Waals surface area contributed by atoms with Crippen LogP contribution in [-0.2, 0) is 13.6 Å². The first-order chi connectivity index (χ1) is 16.0. The van der Waals surface area contributed by atoms with Crippen LogP contribution in [0.3, 0.4) is 0 Å². The highest BCUT2D eigenvalue weighted by Gasteiger charge is 2.29. The van der Waals surface area contributed by atoms with Crippen LogP contribution in [0.15, 0.2) is 76.6 Å². The van der Waals surface area contributed by atoms with Gasteiger partial charge in [-0.1, -0.05) is 30.3 Å². The first-order valence-electron chi connectivity index (χ1n) is 10.9. The molecule has 0 N–H and O–H groups in total. The van der Waals surface area contributed by atoms with Gasteiger partial charge in [0.15, 0.2) is 0 Å². The number of fused-ring (bicyclic) bond motifs is 1. The highest BCUT2D eigenvalue weighted by atomic mass is 16.2. The number of pyridine rings is 2. The number of carbonyl (C=O) groups excluding carboxylic acids is 1. The highest BCUT2D eigenvalue weighted by molar-refractivity contribution is 5.94. The summed E-state index contributed by atoms with van der Waals surface area (Å²) in [6.45, 7) is 1.46. The zero-order chi connectivity index (χ0) is 22.9. The number of benzene rings is 1. The maximum Gasteiger partial charge on any atom is 0.332 e. The Kier molecular flexibility index (Phi) is 5.34. The molecule has 4 aromatic rings. The second-order valence-electron chi connectivity index (χ2n) is 8.30. The van der Waals surface area contributed by atoms with Crippen molar-refractivity contribution in [1.29, 1.82) is 0 Å². The fraction of sp³-hybridized carbons (Fsp3) is 0.240. The van der Waals surface area contributed by atoms with E-state index in [2.05, 4.69) is 4.98 Å². The van der Waals surface area contributed by atoms with Crippen LogP contribution in [0.4, 0.5) is 0 Å². The summed E-state index contributed by atoms with van der Waals surface area (Å²) in [5.74, 6) is -0.0272. The summed E-state index contributed by atoms with van der Waals surface area (Å²) < 4.78 is 2.67. The van der Waals surface area contributed by atoms with E-state index in [-0.39, 0.29) is 17.4 Å². The minimum atomic E-state index is -0.402. The van der Waals surface area contributed by atoms with E-state index < -0.39 is 5.69 Å². The number of aromatic nitrogens is 4. The third kappa shape index (κ3) is 3.84. The van der Waals surface area contributed by atoms with Gasteiger partial charge in [-0.3, -0.25) is 23.7 Å². The predicted octanol–water partition coefficient (Wildman–Crippen LogP) is 2.17. The number of hydrogen-bond acceptors (Lipinski definition) is 5. The van der Waals surface area contributed by atoms with Crippen LogP contribution < -0.4 is 11.2 Å².